The van der Waals surface area contributed by atoms with E-state index in [1.807, 2.05) is 0 Å². The molecular weight excluding hydrogens is 822 g/mol. The molecule has 0 bridgehead atoms. The summed E-state index contributed by atoms with van der Waals surface area (Å²) in [4.78, 5) is 0. The van der Waals surface area contributed by atoms with Crippen LogP contribution >= 0.6 is 0 Å². The highest BCUT2D eigenvalue weighted by atomic mass is 15.0. The third-order valence-corrected chi connectivity index (χ3v) is 15.8. The van der Waals surface area contributed by atoms with Crippen molar-refractivity contribution in [3.63, 3.8) is 0 Å². The van der Waals surface area contributed by atoms with Crippen LogP contribution in [0.1, 0.15) is 105 Å². The first-order chi connectivity index (χ1) is 32.3. The van der Waals surface area contributed by atoms with Crippen molar-refractivity contribution in [1.29, 1.82) is 0 Å². The maximum Gasteiger partial charge on any atom is 0.329 e. The summed E-state index contributed by atoms with van der Waals surface area (Å²) in [5, 5.41) is 7.82. The van der Waals surface area contributed by atoms with Gasteiger partial charge in [0, 0.05) is 65.9 Å². The molecule has 0 unspecified atom stereocenters. The van der Waals surface area contributed by atoms with Crippen LogP contribution in [0.5, 0.6) is 0 Å². The monoisotopic (exact) mass is 881 g/mol. The summed E-state index contributed by atoms with van der Waals surface area (Å²) in [6.07, 6.45) is 0. The molecule has 0 saturated carbocycles. The summed E-state index contributed by atoms with van der Waals surface area (Å²) in [7, 11) is 0. The maximum atomic E-state index is 2.71. The molecule has 0 N–H and O–H groups in total. The van der Waals surface area contributed by atoms with Crippen LogP contribution in [0.3, 0.4) is 0 Å². The lowest BCUT2D eigenvalue weighted by Crippen LogP contribution is -2.53. The molecular formula is C64H60BN3. The van der Waals surface area contributed by atoms with Crippen LogP contribution in [0.4, 0.5) is 0 Å². The van der Waals surface area contributed by atoms with Crippen molar-refractivity contribution in [2.75, 3.05) is 0 Å². The van der Waals surface area contributed by atoms with E-state index in [1.165, 1.54) is 132 Å². The summed E-state index contributed by atoms with van der Waals surface area (Å²) in [5.74, 6) is 0. The molecule has 0 spiro atoms. The molecule has 0 fully saturated rings. The predicted octanol–water partition coefficient (Wildman–Crippen LogP) is 15.8. The SMILES string of the molecule is CC(C)(C)c1ccc2c(c1)c1cc(C(C)(C)C)ccc1n2-c1cc2c3c(c1)c1cc(-n4c5ccc(C(C)(C)C)cc5c5cc(C(C)(C)C)ccc54)cc4c1n3B(c1ccccc1-2)c1ccccc1-4. The van der Waals surface area contributed by atoms with Gasteiger partial charge in [-0.15, -0.1) is 0 Å². The highest BCUT2D eigenvalue weighted by Crippen LogP contribution is 2.49. The van der Waals surface area contributed by atoms with Gasteiger partial charge in [-0.1, -0.05) is 156 Å². The molecule has 3 aromatic heterocycles. The smallest absolute Gasteiger partial charge is 0.329 e. The average Bonchev–Trinajstić information content (AvgIpc) is 3.93. The summed E-state index contributed by atoms with van der Waals surface area (Å²) < 4.78 is 7.83. The second-order valence-corrected chi connectivity index (χ2v) is 24.3. The van der Waals surface area contributed by atoms with Gasteiger partial charge in [-0.25, -0.2) is 0 Å². The van der Waals surface area contributed by atoms with E-state index in [4.69, 9.17) is 0 Å². The summed E-state index contributed by atoms with van der Waals surface area (Å²) in [5.41, 5.74) is 23.4. The second kappa shape index (κ2) is 13.5. The Morgan fingerprint density at radius 3 is 0.926 bits per heavy atom. The Balaban J connectivity index is 1.18. The first-order valence-electron chi connectivity index (χ1n) is 24.8. The highest BCUT2D eigenvalue weighted by Gasteiger charge is 2.40. The molecule has 11 aromatic rings. The van der Waals surface area contributed by atoms with E-state index in [0.29, 0.717) is 0 Å². The fourth-order valence-electron chi connectivity index (χ4n) is 12.1. The number of hydrogen-bond acceptors (Lipinski definition) is 0. The molecule has 2 aliphatic heterocycles. The molecule has 68 heavy (non-hydrogen) atoms. The van der Waals surface area contributed by atoms with Crippen LogP contribution < -0.4 is 10.9 Å². The molecule has 2 aliphatic rings. The normalized spacial score (nSPS) is 13.9. The van der Waals surface area contributed by atoms with Gasteiger partial charge >= 0.3 is 6.85 Å². The number of hydrogen-bond donors (Lipinski definition) is 0. The maximum absolute atomic E-state index is 2.71. The highest BCUT2D eigenvalue weighted by molar-refractivity contribution is 6.88. The minimum atomic E-state index is 0.0226. The molecule has 0 amide bonds. The van der Waals surface area contributed by atoms with Gasteiger partial charge in [-0.3, -0.25) is 0 Å². The zero-order valence-electron chi connectivity index (χ0n) is 41.8. The van der Waals surface area contributed by atoms with E-state index in [-0.39, 0.29) is 28.5 Å². The van der Waals surface area contributed by atoms with E-state index in [1.54, 1.807) is 0 Å². The standard InChI is InChI=1S/C64H60BN3/c1-61(2,3)37-21-25-55-45(29-37)46-30-38(62(4,5)6)22-26-56(46)66(55)41-33-49-43-17-13-15-19-53(43)65-54-20-16-14-18-44(54)50-34-42(36-52-51(35-41)59(49)68(65)60(50)52)67-57-27-23-39(63(7,8)9)31-47(57)48-32-40(64(10,11)12)24-28-58(48)67/h13-36H,1-12H3. The summed E-state index contributed by atoms with van der Waals surface area (Å²) >= 11 is 0. The lowest BCUT2D eigenvalue weighted by molar-refractivity contribution is 0.590. The zero-order valence-corrected chi connectivity index (χ0v) is 41.8. The molecule has 0 saturated heterocycles. The molecule has 13 rings (SSSR count). The fraction of sp³-hybridized carbons (Fsp3) is 0.250. The lowest BCUT2D eigenvalue weighted by atomic mass is 9.45. The Morgan fingerprint density at radius 1 is 0.309 bits per heavy atom. The van der Waals surface area contributed by atoms with E-state index >= 15 is 0 Å². The molecule has 0 aliphatic carbocycles. The third kappa shape index (κ3) is 5.73. The van der Waals surface area contributed by atoms with Crippen molar-refractivity contribution >= 4 is 83.2 Å². The average molecular weight is 882 g/mol. The molecule has 0 radical (unpaired) electrons. The van der Waals surface area contributed by atoms with Crippen LogP contribution in [-0.2, 0) is 21.7 Å². The van der Waals surface area contributed by atoms with E-state index in [0.717, 1.165) is 0 Å². The number of fused-ring (bicyclic) bond motifs is 13. The Bertz CT molecular complexity index is 3600. The minimum Gasteiger partial charge on any atom is -0.375 e. The third-order valence-electron chi connectivity index (χ3n) is 15.8. The van der Waals surface area contributed by atoms with Gasteiger partial charge in [0.1, 0.15) is 0 Å². The molecule has 0 atom stereocenters. The zero-order chi connectivity index (χ0) is 47.1. The van der Waals surface area contributed by atoms with E-state index < -0.39 is 0 Å². The number of rotatable bonds is 2. The van der Waals surface area contributed by atoms with Gasteiger partial charge in [0.15, 0.2) is 0 Å². The van der Waals surface area contributed by atoms with Gasteiger partial charge in [-0.05, 0) is 139 Å². The van der Waals surface area contributed by atoms with Crippen molar-refractivity contribution in [2.45, 2.75) is 105 Å². The van der Waals surface area contributed by atoms with Crippen LogP contribution in [-0.4, -0.2) is 20.5 Å². The largest absolute Gasteiger partial charge is 0.375 e. The quantitative estimate of drug-likeness (QED) is 0.154. The van der Waals surface area contributed by atoms with Crippen molar-refractivity contribution < 1.29 is 0 Å². The molecule has 4 heteroatoms. The predicted molar refractivity (Wildman–Crippen MR) is 294 cm³/mol. The van der Waals surface area contributed by atoms with Crippen molar-refractivity contribution in [2.24, 2.45) is 0 Å². The van der Waals surface area contributed by atoms with Crippen molar-refractivity contribution in [3.05, 3.63) is 168 Å². The fourth-order valence-corrected chi connectivity index (χ4v) is 12.1. The first-order valence-corrected chi connectivity index (χ1v) is 24.8. The van der Waals surface area contributed by atoms with Gasteiger partial charge < -0.3 is 13.6 Å². The number of benzene rings is 8. The molecule has 334 valence electrons. The Kier molecular flexibility index (Phi) is 8.20. The van der Waals surface area contributed by atoms with Crippen molar-refractivity contribution in [1.82, 2.24) is 13.6 Å². The second-order valence-electron chi connectivity index (χ2n) is 24.3. The first kappa shape index (κ1) is 41.4. The Hall–Kier alpha value is -6.78. The van der Waals surface area contributed by atoms with Gasteiger partial charge in [-0.2, -0.15) is 0 Å². The number of aromatic nitrogens is 3. The van der Waals surface area contributed by atoms with Gasteiger partial charge in [0.05, 0.1) is 22.1 Å². The minimum absolute atomic E-state index is 0.0226. The van der Waals surface area contributed by atoms with E-state index in [2.05, 4.69) is 242 Å². The molecule has 3 nitrogen and oxygen atoms in total. The number of nitrogens with zero attached hydrogens (tertiary/aromatic N) is 3. The van der Waals surface area contributed by atoms with Gasteiger partial charge in [0.2, 0.25) is 0 Å². The van der Waals surface area contributed by atoms with Crippen LogP contribution in [0.15, 0.2) is 146 Å². The van der Waals surface area contributed by atoms with Crippen LogP contribution in [0.25, 0.3) is 99.0 Å². The Labute approximate surface area is 401 Å². The molecule has 5 heterocycles. The van der Waals surface area contributed by atoms with Crippen molar-refractivity contribution in [3.8, 4) is 33.6 Å². The molecule has 8 aromatic carbocycles. The van der Waals surface area contributed by atoms with Crippen LogP contribution in [0.2, 0.25) is 0 Å². The topological polar surface area (TPSA) is 14.8 Å². The summed E-state index contributed by atoms with van der Waals surface area (Å²) in [6.45, 7) is 28.0. The van der Waals surface area contributed by atoms with E-state index in [9.17, 15) is 0 Å². The van der Waals surface area contributed by atoms with Crippen LogP contribution in [0, 0.1) is 0 Å². The van der Waals surface area contributed by atoms with Gasteiger partial charge in [0.25, 0.3) is 0 Å². The Morgan fingerprint density at radius 2 is 0.618 bits per heavy atom. The summed E-state index contributed by atoms with van der Waals surface area (Å²) in [6, 6.07) is 57.3. The lowest BCUT2D eigenvalue weighted by Gasteiger charge is -2.32.